The van der Waals surface area contributed by atoms with Crippen LogP contribution in [0.15, 0.2) is 18.2 Å². The van der Waals surface area contributed by atoms with Crippen LogP contribution < -0.4 is 10.6 Å². The molecule has 0 spiro atoms. The van der Waals surface area contributed by atoms with Crippen molar-refractivity contribution in [2.24, 2.45) is 0 Å². The molecule has 0 saturated heterocycles. The highest BCUT2D eigenvalue weighted by atomic mass is 16.6. The van der Waals surface area contributed by atoms with Gasteiger partial charge in [0.1, 0.15) is 17.7 Å². The Balaban J connectivity index is 3.24. The van der Waals surface area contributed by atoms with Gasteiger partial charge < -0.3 is 20.3 Å². The summed E-state index contributed by atoms with van der Waals surface area (Å²) in [7, 11) is 0. The predicted molar refractivity (Wildman–Crippen MR) is 127 cm³/mol. The zero-order chi connectivity index (χ0) is 24.6. The van der Waals surface area contributed by atoms with E-state index in [4.69, 9.17) is 4.74 Å². The molecule has 0 radical (unpaired) electrons. The Kier molecular flexibility index (Phi) is 10.2. The number of amides is 3. The maximum Gasteiger partial charge on any atom is 0.408 e. The lowest BCUT2D eigenvalue weighted by molar-refractivity contribution is -0.142. The topological polar surface area (TPSA) is 87.7 Å². The van der Waals surface area contributed by atoms with Crippen molar-refractivity contribution in [2.75, 3.05) is 6.54 Å². The highest BCUT2D eigenvalue weighted by Gasteiger charge is 2.34. The summed E-state index contributed by atoms with van der Waals surface area (Å²) < 4.78 is 5.28. The van der Waals surface area contributed by atoms with E-state index in [1.165, 1.54) is 4.90 Å². The van der Waals surface area contributed by atoms with Crippen molar-refractivity contribution < 1.29 is 19.1 Å². The van der Waals surface area contributed by atoms with E-state index in [9.17, 15) is 14.4 Å². The van der Waals surface area contributed by atoms with Gasteiger partial charge in [0.25, 0.3) is 0 Å². The summed E-state index contributed by atoms with van der Waals surface area (Å²) in [6, 6.07) is 4.25. The number of aryl methyl sites for hydroxylation is 2. The fourth-order valence-corrected chi connectivity index (χ4v) is 3.73. The van der Waals surface area contributed by atoms with Gasteiger partial charge in [0.2, 0.25) is 11.8 Å². The molecule has 1 aromatic rings. The lowest BCUT2D eigenvalue weighted by atomic mass is 9.98. The average Bonchev–Trinajstić information content (AvgIpc) is 2.62. The van der Waals surface area contributed by atoms with Gasteiger partial charge in [-0.05, 0) is 67.4 Å². The van der Waals surface area contributed by atoms with Gasteiger partial charge in [0.05, 0.1) is 0 Å². The number of hydrogen-bond acceptors (Lipinski definition) is 4. The summed E-state index contributed by atoms with van der Waals surface area (Å²) in [5, 5.41) is 5.65. The van der Waals surface area contributed by atoms with Crippen molar-refractivity contribution in [3.05, 3.63) is 34.9 Å². The van der Waals surface area contributed by atoms with Crippen LogP contribution in [0.1, 0.15) is 84.0 Å². The molecule has 0 heterocycles. The van der Waals surface area contributed by atoms with Crippen LogP contribution in [0.2, 0.25) is 0 Å². The van der Waals surface area contributed by atoms with Crippen LogP contribution in [-0.4, -0.2) is 47.0 Å². The Morgan fingerprint density at radius 3 is 2.03 bits per heavy atom. The van der Waals surface area contributed by atoms with Crippen molar-refractivity contribution in [1.29, 1.82) is 0 Å². The SMILES string of the molecule is CCCC(C)NC(=O)C(c1cc(C)cc(C)c1)N(CC)C(=O)C(C)NC(=O)OC(C)(C)C. The van der Waals surface area contributed by atoms with Gasteiger partial charge >= 0.3 is 6.09 Å². The van der Waals surface area contributed by atoms with Crippen LogP contribution in [0.5, 0.6) is 0 Å². The second-order valence-corrected chi connectivity index (χ2v) is 9.51. The molecule has 0 aliphatic carbocycles. The summed E-state index contributed by atoms with van der Waals surface area (Å²) in [5.74, 6) is -0.573. The molecule has 0 aliphatic rings. The molecule has 0 aromatic heterocycles. The maximum atomic E-state index is 13.4. The summed E-state index contributed by atoms with van der Waals surface area (Å²) in [5.41, 5.74) is 2.11. The van der Waals surface area contributed by atoms with Crippen LogP contribution in [0.3, 0.4) is 0 Å². The Bertz CT molecular complexity index is 781. The van der Waals surface area contributed by atoms with Crippen molar-refractivity contribution in [3.8, 4) is 0 Å². The van der Waals surface area contributed by atoms with E-state index in [-0.39, 0.29) is 17.9 Å². The molecule has 2 N–H and O–H groups in total. The van der Waals surface area contributed by atoms with E-state index in [1.54, 1.807) is 27.7 Å². The molecule has 3 unspecified atom stereocenters. The average molecular weight is 448 g/mol. The lowest BCUT2D eigenvalue weighted by Crippen LogP contribution is -2.52. The minimum absolute atomic E-state index is 0.00738. The number of carbonyl (C=O) groups excluding carboxylic acids is 3. The molecule has 0 aliphatic heterocycles. The van der Waals surface area contributed by atoms with Crippen molar-refractivity contribution in [3.63, 3.8) is 0 Å². The van der Waals surface area contributed by atoms with Gasteiger partial charge in [-0.15, -0.1) is 0 Å². The first-order valence-electron chi connectivity index (χ1n) is 11.5. The van der Waals surface area contributed by atoms with Crippen LogP contribution in [0, 0.1) is 13.8 Å². The minimum atomic E-state index is -0.848. The Hall–Kier alpha value is -2.57. The number of nitrogens with one attached hydrogen (secondary N) is 2. The van der Waals surface area contributed by atoms with Gasteiger partial charge in [-0.25, -0.2) is 4.79 Å². The molecule has 0 bridgehead atoms. The molecule has 3 amide bonds. The van der Waals surface area contributed by atoms with Crippen LogP contribution in [-0.2, 0) is 14.3 Å². The predicted octanol–water partition coefficient (Wildman–Crippen LogP) is 4.41. The Morgan fingerprint density at radius 1 is 1.00 bits per heavy atom. The second-order valence-electron chi connectivity index (χ2n) is 9.51. The van der Waals surface area contributed by atoms with Gasteiger partial charge in [-0.1, -0.05) is 42.7 Å². The lowest BCUT2D eigenvalue weighted by Gasteiger charge is -2.33. The summed E-state index contributed by atoms with van der Waals surface area (Å²) in [6.45, 7) is 17.0. The standard InChI is InChI=1S/C25H41N3O4/c1-10-12-18(5)26-22(29)21(20-14-16(3)13-17(4)15-20)28(11-2)23(30)19(6)27-24(31)32-25(7,8)9/h13-15,18-19,21H,10-12H2,1-9H3,(H,26,29)(H,27,31). The molecule has 32 heavy (non-hydrogen) atoms. The molecular weight excluding hydrogens is 406 g/mol. The number of nitrogens with zero attached hydrogens (tertiary/aromatic N) is 1. The third-order valence-electron chi connectivity index (χ3n) is 4.96. The highest BCUT2D eigenvalue weighted by Crippen LogP contribution is 2.25. The van der Waals surface area contributed by atoms with Gasteiger partial charge in [-0.3, -0.25) is 9.59 Å². The van der Waals surface area contributed by atoms with E-state index in [0.29, 0.717) is 6.54 Å². The summed E-state index contributed by atoms with van der Waals surface area (Å²) >= 11 is 0. The number of carbonyl (C=O) groups is 3. The van der Waals surface area contributed by atoms with E-state index in [2.05, 4.69) is 17.6 Å². The van der Waals surface area contributed by atoms with Crippen LogP contribution in [0.4, 0.5) is 4.79 Å². The number of rotatable bonds is 9. The van der Waals surface area contributed by atoms with Crippen molar-refractivity contribution in [2.45, 2.75) is 98.9 Å². The highest BCUT2D eigenvalue weighted by molar-refractivity contribution is 5.92. The van der Waals surface area contributed by atoms with Crippen LogP contribution >= 0.6 is 0 Å². The van der Waals surface area contributed by atoms with E-state index < -0.39 is 23.8 Å². The minimum Gasteiger partial charge on any atom is -0.444 e. The van der Waals surface area contributed by atoms with Gasteiger partial charge in [0.15, 0.2) is 0 Å². The van der Waals surface area contributed by atoms with Gasteiger partial charge in [0, 0.05) is 12.6 Å². The van der Waals surface area contributed by atoms with Crippen LogP contribution in [0.25, 0.3) is 0 Å². The van der Waals surface area contributed by atoms with E-state index >= 15 is 0 Å². The molecule has 180 valence electrons. The first kappa shape index (κ1) is 27.5. The number of likely N-dealkylation sites (N-methyl/N-ethyl adjacent to an activating group) is 1. The smallest absolute Gasteiger partial charge is 0.408 e. The quantitative estimate of drug-likeness (QED) is 0.587. The fourth-order valence-electron chi connectivity index (χ4n) is 3.73. The van der Waals surface area contributed by atoms with Gasteiger partial charge in [-0.2, -0.15) is 0 Å². The number of ether oxygens (including phenoxy) is 1. The maximum absolute atomic E-state index is 13.4. The molecule has 3 atom stereocenters. The largest absolute Gasteiger partial charge is 0.444 e. The molecule has 1 aromatic carbocycles. The summed E-state index contributed by atoms with van der Waals surface area (Å²) in [4.78, 5) is 40.4. The van der Waals surface area contributed by atoms with E-state index in [1.807, 2.05) is 45.9 Å². The molecule has 7 nitrogen and oxygen atoms in total. The Morgan fingerprint density at radius 2 is 1.56 bits per heavy atom. The Labute approximate surface area is 193 Å². The second kappa shape index (κ2) is 11.9. The third-order valence-corrected chi connectivity index (χ3v) is 4.96. The fraction of sp³-hybridized carbons (Fsp3) is 0.640. The molecule has 7 heteroatoms. The zero-order valence-electron chi connectivity index (χ0n) is 21.2. The molecule has 0 saturated carbocycles. The van der Waals surface area contributed by atoms with Crippen molar-refractivity contribution >= 4 is 17.9 Å². The number of benzene rings is 1. The zero-order valence-corrected chi connectivity index (χ0v) is 21.2. The molecule has 1 rings (SSSR count). The summed E-state index contributed by atoms with van der Waals surface area (Å²) in [6.07, 6.45) is 1.13. The first-order valence-corrected chi connectivity index (χ1v) is 11.5. The first-order chi connectivity index (χ1) is 14.8. The number of alkyl carbamates (subject to hydrolysis) is 1. The molecule has 0 fully saturated rings. The monoisotopic (exact) mass is 447 g/mol. The number of hydrogen-bond donors (Lipinski definition) is 2. The normalized spacial score (nSPS) is 14.2. The van der Waals surface area contributed by atoms with E-state index in [0.717, 1.165) is 29.5 Å². The molecular formula is C25H41N3O4. The third kappa shape index (κ3) is 8.52. The van der Waals surface area contributed by atoms with Crippen molar-refractivity contribution in [1.82, 2.24) is 15.5 Å².